The Morgan fingerprint density at radius 1 is 1.17 bits per heavy atom. The number of nitrogens with zero attached hydrogens (tertiary/aromatic N) is 1. The van der Waals surface area contributed by atoms with E-state index in [1.807, 2.05) is 0 Å². The zero-order valence-electron chi connectivity index (χ0n) is 7.60. The van der Waals surface area contributed by atoms with E-state index in [0.29, 0.717) is 0 Å². The Hall–Kier alpha value is 3.84. The van der Waals surface area contributed by atoms with Gasteiger partial charge in [-0.1, -0.05) is 6.92 Å². The van der Waals surface area contributed by atoms with Crippen molar-refractivity contribution in [2.45, 2.75) is 6.92 Å². The molecule has 0 aliphatic carbocycles. The molecule has 0 bridgehead atoms. The maximum atomic E-state index is 2.46. The van der Waals surface area contributed by atoms with Crippen molar-refractivity contribution in [1.82, 2.24) is 0 Å². The molecule has 6 heteroatoms. The minimum absolute atomic E-state index is 0. The molecule has 0 atom stereocenters. The second-order valence-electron chi connectivity index (χ2n) is 3.60. The normalized spacial score (nSPS) is 20.2. The first-order chi connectivity index (χ1) is 4.83. The Bertz CT molecular complexity index is 113. The first kappa shape index (κ1) is 18.2. The zero-order chi connectivity index (χ0) is 9.07. The monoisotopic (exact) mass is 621 g/mol. The minimum Gasteiger partial charge on any atom is 0 e. The van der Waals surface area contributed by atoms with Crippen LogP contribution >= 0.6 is 59.9 Å². The van der Waals surface area contributed by atoms with Crippen molar-refractivity contribution in [2.75, 3.05) is 27.2 Å². The van der Waals surface area contributed by atoms with Crippen LogP contribution in [0.15, 0.2) is 0 Å². The zero-order valence-corrected chi connectivity index (χ0v) is 18.3. The Morgan fingerprint density at radius 3 is 1.42 bits per heavy atom. The van der Waals surface area contributed by atoms with Crippen LogP contribution in [0.2, 0.25) is 0 Å². The molecule has 1 heterocycles. The Morgan fingerprint density at radius 2 is 1.42 bits per heavy atom. The SMILES string of the molecule is CC1C[N+](C)(C)C1.[I][V]([I])[I].[Y]. The molecule has 0 spiro atoms. The maximum absolute atomic E-state index is 2.46. The summed E-state index contributed by atoms with van der Waals surface area (Å²) < 4.78 is 1.24. The third-order valence-corrected chi connectivity index (χ3v) is 1.61. The van der Waals surface area contributed by atoms with Crippen molar-refractivity contribution in [3.05, 3.63) is 0 Å². The van der Waals surface area contributed by atoms with E-state index in [1.165, 1.54) is 17.6 Å². The van der Waals surface area contributed by atoms with Gasteiger partial charge in [-0.15, -0.1) is 0 Å². The number of halogens is 3. The molecule has 0 aromatic rings. The molecule has 1 saturated heterocycles. The van der Waals surface area contributed by atoms with Crippen LogP contribution in [0, 0.1) is 5.92 Å². The van der Waals surface area contributed by atoms with E-state index in [2.05, 4.69) is 81.0 Å². The van der Waals surface area contributed by atoms with Crippen LogP contribution in [0.25, 0.3) is 0 Å². The predicted octanol–water partition coefficient (Wildman–Crippen LogP) is 3.36. The topological polar surface area (TPSA) is 0 Å². The van der Waals surface area contributed by atoms with Crippen molar-refractivity contribution in [3.8, 4) is 0 Å². The molecule has 1 radical (unpaired) electrons. The molecule has 0 amide bonds. The second kappa shape index (κ2) is 8.93. The van der Waals surface area contributed by atoms with E-state index in [1.54, 1.807) is 0 Å². The molecule has 1 aliphatic heterocycles. The van der Waals surface area contributed by atoms with Gasteiger partial charge in [-0.3, -0.25) is 0 Å². The quantitative estimate of drug-likeness (QED) is 0.288. The molecule has 0 saturated carbocycles. The average Bonchev–Trinajstić information content (AvgIpc) is 1.56. The maximum Gasteiger partial charge on any atom is 0 e. The van der Waals surface area contributed by atoms with Gasteiger partial charge in [0.2, 0.25) is 0 Å². The molecule has 1 aliphatic rings. The van der Waals surface area contributed by atoms with E-state index in [-0.39, 0.29) is 37.6 Å². The summed E-state index contributed by atoms with van der Waals surface area (Å²) in [6.07, 6.45) is 0. The number of quaternary nitrogens is 1. The van der Waals surface area contributed by atoms with Gasteiger partial charge in [-0.2, -0.15) is 0 Å². The van der Waals surface area contributed by atoms with Crippen molar-refractivity contribution in [3.63, 3.8) is 0 Å². The number of rotatable bonds is 0. The van der Waals surface area contributed by atoms with Crippen molar-refractivity contribution in [1.29, 1.82) is 0 Å². The molecular weight excluding hydrogens is 607 g/mol. The van der Waals surface area contributed by atoms with Crippen LogP contribution in [0.3, 0.4) is 0 Å². The summed E-state index contributed by atoms with van der Waals surface area (Å²) in [5.74, 6) is 0.981. The molecule has 71 valence electrons. The first-order valence-corrected chi connectivity index (χ1v) is 16.9. The third kappa shape index (κ3) is 11.9. The van der Waals surface area contributed by atoms with E-state index < -0.39 is 0 Å². The van der Waals surface area contributed by atoms with Gasteiger partial charge in [0.15, 0.2) is 0 Å². The molecule has 1 fully saturated rings. The predicted molar refractivity (Wildman–Crippen MR) is 73.1 cm³/mol. The van der Waals surface area contributed by atoms with Crippen molar-refractivity contribution < 1.29 is 42.1 Å². The fourth-order valence-electron chi connectivity index (χ4n) is 1.63. The summed E-state index contributed by atoms with van der Waals surface area (Å²) >= 11 is 7.39. The largest absolute Gasteiger partial charge is 0 e. The van der Waals surface area contributed by atoms with Gasteiger partial charge in [0.05, 0.1) is 33.1 Å². The Balaban J connectivity index is 0. The van der Waals surface area contributed by atoms with Gasteiger partial charge in [0, 0.05) is 32.7 Å². The van der Waals surface area contributed by atoms with E-state index in [4.69, 9.17) is 0 Å². The van der Waals surface area contributed by atoms with Gasteiger partial charge in [0.25, 0.3) is 0 Å². The van der Waals surface area contributed by atoms with E-state index in [0.717, 1.165) is 5.92 Å². The third-order valence-electron chi connectivity index (χ3n) is 1.61. The van der Waals surface area contributed by atoms with Crippen LogP contribution in [0.1, 0.15) is 6.92 Å². The summed E-state index contributed by atoms with van der Waals surface area (Å²) in [6, 6.07) is 0. The summed E-state index contributed by atoms with van der Waals surface area (Å²) in [4.78, 5) is -0.278. The van der Waals surface area contributed by atoms with Crippen LogP contribution in [0.4, 0.5) is 0 Å². The Kier molecular flexibility index (Phi) is 13.6. The first-order valence-electron chi connectivity index (χ1n) is 3.43. The van der Waals surface area contributed by atoms with Crippen LogP contribution in [0.5, 0.6) is 0 Å². The van der Waals surface area contributed by atoms with Gasteiger partial charge in [0.1, 0.15) is 0 Å². The molecule has 1 rings (SSSR count). The fourth-order valence-corrected chi connectivity index (χ4v) is 1.63. The molecule has 0 aromatic heterocycles. The smallest absolute Gasteiger partial charge is 0 e. The van der Waals surface area contributed by atoms with Crippen LogP contribution in [-0.4, -0.2) is 31.7 Å². The molecule has 1 nitrogen and oxygen atoms in total. The number of hydrogen-bond acceptors (Lipinski definition) is 0. The Labute approximate surface area is 139 Å². The number of likely N-dealkylation sites (tertiary alicyclic amines) is 1. The number of hydrogen-bond donors (Lipinski definition) is 0. The standard InChI is InChI=1S/C6H14N.3HI.V.Y/c1-6-4-7(2,3)5-6;;;;;/h6H,4-5H2,1-3H3;3*1H;;/q+1;;;;+3;/p-3. The van der Waals surface area contributed by atoms with Gasteiger partial charge in [-0.25, -0.2) is 0 Å². The molecule has 0 N–H and O–H groups in total. The molecular formula is C6H14I3NVY+. The average molecular weight is 621 g/mol. The van der Waals surface area contributed by atoms with E-state index >= 15 is 0 Å². The van der Waals surface area contributed by atoms with Gasteiger partial charge < -0.3 is 4.48 Å². The van der Waals surface area contributed by atoms with Crippen LogP contribution < -0.4 is 0 Å². The van der Waals surface area contributed by atoms with Crippen molar-refractivity contribution >= 4 is 59.9 Å². The fraction of sp³-hybridized carbons (Fsp3) is 1.00. The van der Waals surface area contributed by atoms with Crippen LogP contribution in [-0.2, 0) is 37.6 Å². The summed E-state index contributed by atoms with van der Waals surface area (Å²) in [6.45, 7) is 5.06. The molecule has 0 aromatic carbocycles. The molecule has 12 heavy (non-hydrogen) atoms. The summed E-state index contributed by atoms with van der Waals surface area (Å²) in [5.41, 5.74) is 0. The van der Waals surface area contributed by atoms with Gasteiger partial charge >= 0.3 is 64.9 Å². The minimum atomic E-state index is -0.278. The summed E-state index contributed by atoms with van der Waals surface area (Å²) in [7, 11) is 4.56. The van der Waals surface area contributed by atoms with E-state index in [9.17, 15) is 0 Å². The second-order valence-corrected chi connectivity index (χ2v) is 39.0. The summed E-state index contributed by atoms with van der Waals surface area (Å²) in [5, 5.41) is 0. The van der Waals surface area contributed by atoms with Crippen molar-refractivity contribution in [2.24, 2.45) is 5.92 Å². The van der Waals surface area contributed by atoms with Gasteiger partial charge in [-0.05, 0) is 0 Å². The molecule has 0 unspecified atom stereocenters.